The molecule has 0 bridgehead atoms. The predicted molar refractivity (Wildman–Crippen MR) is 70.1 cm³/mol. The molecule has 1 aromatic rings. The van der Waals surface area contributed by atoms with Gasteiger partial charge in [-0.25, -0.2) is 0 Å². The van der Waals surface area contributed by atoms with Gasteiger partial charge in [-0.05, 0) is 30.8 Å². The molecule has 1 N–H and O–H groups in total. The molecule has 0 amide bonds. The number of thiophene rings is 1. The lowest BCUT2D eigenvalue weighted by Gasteiger charge is -2.30. The molecule has 0 spiro atoms. The first-order chi connectivity index (χ1) is 8.66. The number of carboxylic acids is 1. The normalized spacial score (nSPS) is 20.8. The Morgan fingerprint density at radius 1 is 1.50 bits per heavy atom. The van der Waals surface area contributed by atoms with Crippen molar-refractivity contribution >= 4 is 23.1 Å². The molecule has 0 aliphatic carbocycles. The molecule has 0 saturated carbocycles. The maximum atomic E-state index is 11.8. The molecule has 0 aromatic carbocycles. The highest BCUT2D eigenvalue weighted by atomic mass is 32.1. The number of hydrogen-bond acceptors (Lipinski definition) is 4. The fourth-order valence-electron chi connectivity index (χ4n) is 2.28. The van der Waals surface area contributed by atoms with E-state index in [-0.39, 0.29) is 11.7 Å². The fourth-order valence-corrected chi connectivity index (χ4v) is 2.97. The van der Waals surface area contributed by atoms with Gasteiger partial charge in [0.1, 0.15) is 0 Å². The Labute approximate surface area is 110 Å². The topological polar surface area (TPSA) is 57.6 Å². The highest BCUT2D eigenvalue weighted by Gasteiger charge is 2.25. The van der Waals surface area contributed by atoms with Crippen molar-refractivity contribution in [2.24, 2.45) is 5.92 Å². The molecule has 1 atom stereocenters. The van der Waals surface area contributed by atoms with Gasteiger partial charge in [0.25, 0.3) is 0 Å². The minimum atomic E-state index is -0.718. The summed E-state index contributed by atoms with van der Waals surface area (Å²) in [6.07, 6.45) is 2.14. The van der Waals surface area contributed by atoms with Crippen molar-refractivity contribution in [2.45, 2.75) is 19.3 Å². The highest BCUT2D eigenvalue weighted by molar-refractivity contribution is 7.12. The van der Waals surface area contributed by atoms with Crippen LogP contribution in [0.3, 0.4) is 0 Å². The van der Waals surface area contributed by atoms with Crippen LogP contribution in [0, 0.1) is 5.92 Å². The lowest BCUT2D eigenvalue weighted by molar-refractivity contribution is -0.143. The number of Topliss-reactive ketones (excluding diaryl/α,β-unsaturated/α-hetero) is 1. The van der Waals surface area contributed by atoms with E-state index in [2.05, 4.69) is 4.90 Å². The van der Waals surface area contributed by atoms with Gasteiger partial charge in [-0.3, -0.25) is 9.59 Å². The van der Waals surface area contributed by atoms with E-state index in [0.717, 1.165) is 24.3 Å². The number of hydrogen-bond donors (Lipinski definition) is 1. The molecule has 5 heteroatoms. The molecule has 18 heavy (non-hydrogen) atoms. The van der Waals surface area contributed by atoms with Crippen LogP contribution < -0.4 is 0 Å². The van der Waals surface area contributed by atoms with Crippen molar-refractivity contribution in [3.63, 3.8) is 0 Å². The monoisotopic (exact) mass is 267 g/mol. The van der Waals surface area contributed by atoms with Crippen LogP contribution in [0.15, 0.2) is 17.5 Å². The molecule has 4 nitrogen and oxygen atoms in total. The van der Waals surface area contributed by atoms with Crippen molar-refractivity contribution < 1.29 is 14.7 Å². The number of rotatable bonds is 5. The van der Waals surface area contributed by atoms with Gasteiger partial charge in [-0.15, -0.1) is 11.3 Å². The van der Waals surface area contributed by atoms with Crippen LogP contribution in [0.5, 0.6) is 0 Å². The summed E-state index contributed by atoms with van der Waals surface area (Å²) in [7, 11) is 0. The van der Waals surface area contributed by atoms with Gasteiger partial charge in [0, 0.05) is 19.5 Å². The molecule has 98 valence electrons. The summed E-state index contributed by atoms with van der Waals surface area (Å²) in [6, 6.07) is 3.71. The van der Waals surface area contributed by atoms with Crippen molar-refractivity contribution in [1.29, 1.82) is 0 Å². The molecule has 1 saturated heterocycles. The molecule has 1 aromatic heterocycles. The van der Waals surface area contributed by atoms with Gasteiger partial charge in [0.15, 0.2) is 5.78 Å². The van der Waals surface area contributed by atoms with Gasteiger partial charge in [-0.2, -0.15) is 0 Å². The van der Waals surface area contributed by atoms with Crippen LogP contribution in [0.25, 0.3) is 0 Å². The van der Waals surface area contributed by atoms with Crippen LogP contribution in [-0.2, 0) is 4.79 Å². The molecule has 2 rings (SSSR count). The van der Waals surface area contributed by atoms with Gasteiger partial charge >= 0.3 is 5.97 Å². The van der Waals surface area contributed by atoms with E-state index in [1.54, 1.807) is 0 Å². The van der Waals surface area contributed by atoms with E-state index < -0.39 is 5.97 Å². The van der Waals surface area contributed by atoms with Gasteiger partial charge in [-0.1, -0.05) is 6.07 Å². The molecular formula is C13H17NO3S. The van der Waals surface area contributed by atoms with Gasteiger partial charge < -0.3 is 10.0 Å². The number of ketones is 1. The second-order valence-corrected chi connectivity index (χ2v) is 5.58. The van der Waals surface area contributed by atoms with E-state index in [0.29, 0.717) is 19.5 Å². The van der Waals surface area contributed by atoms with Crippen LogP contribution in [-0.4, -0.2) is 41.4 Å². The SMILES string of the molecule is O=C(CCN1CCCC(C(=O)O)C1)c1cccs1. The van der Waals surface area contributed by atoms with Crippen molar-refractivity contribution in [3.05, 3.63) is 22.4 Å². The Morgan fingerprint density at radius 2 is 2.33 bits per heavy atom. The van der Waals surface area contributed by atoms with E-state index in [4.69, 9.17) is 5.11 Å². The number of aliphatic carboxylic acids is 1. The Balaban J connectivity index is 1.80. The third kappa shape index (κ3) is 3.40. The molecule has 0 radical (unpaired) electrons. The fraction of sp³-hybridized carbons (Fsp3) is 0.538. The molecule has 1 aliphatic rings. The van der Waals surface area contributed by atoms with Crippen LogP contribution in [0.1, 0.15) is 28.9 Å². The van der Waals surface area contributed by atoms with Crippen LogP contribution in [0.4, 0.5) is 0 Å². The van der Waals surface area contributed by atoms with E-state index in [1.165, 1.54) is 11.3 Å². The average Bonchev–Trinajstić information content (AvgIpc) is 2.90. The van der Waals surface area contributed by atoms with E-state index in [1.807, 2.05) is 17.5 Å². The second-order valence-electron chi connectivity index (χ2n) is 4.63. The standard InChI is InChI=1S/C13H17NO3S/c15-11(12-4-2-8-18-12)5-7-14-6-1-3-10(9-14)13(16)17/h2,4,8,10H,1,3,5-7,9H2,(H,16,17). The lowest BCUT2D eigenvalue weighted by Crippen LogP contribution is -2.39. The molecule has 1 aliphatic heterocycles. The minimum Gasteiger partial charge on any atom is -0.481 e. The maximum absolute atomic E-state index is 11.8. The zero-order chi connectivity index (χ0) is 13.0. The van der Waals surface area contributed by atoms with Crippen molar-refractivity contribution in [2.75, 3.05) is 19.6 Å². The van der Waals surface area contributed by atoms with Crippen molar-refractivity contribution in [1.82, 2.24) is 4.90 Å². The summed E-state index contributed by atoms with van der Waals surface area (Å²) in [5.74, 6) is -0.831. The summed E-state index contributed by atoms with van der Waals surface area (Å²) in [6.45, 7) is 2.15. The highest BCUT2D eigenvalue weighted by Crippen LogP contribution is 2.18. The van der Waals surface area contributed by atoms with Crippen molar-refractivity contribution in [3.8, 4) is 0 Å². The third-order valence-corrected chi connectivity index (χ3v) is 4.22. The number of carbonyl (C=O) groups is 2. The Morgan fingerprint density at radius 3 is 3.00 bits per heavy atom. The summed E-state index contributed by atoms with van der Waals surface area (Å²) in [5.41, 5.74) is 0. The number of piperidine rings is 1. The quantitative estimate of drug-likeness (QED) is 0.830. The summed E-state index contributed by atoms with van der Waals surface area (Å²) in [4.78, 5) is 25.6. The zero-order valence-corrected chi connectivity index (χ0v) is 11.0. The Bertz CT molecular complexity index is 416. The predicted octanol–water partition coefficient (Wildman–Crippen LogP) is 2.12. The number of carboxylic acid groups (broad SMARTS) is 1. The largest absolute Gasteiger partial charge is 0.481 e. The lowest BCUT2D eigenvalue weighted by atomic mass is 9.98. The Kier molecular flexibility index (Phi) is 4.49. The second kappa shape index (κ2) is 6.11. The smallest absolute Gasteiger partial charge is 0.307 e. The molecule has 1 fully saturated rings. The zero-order valence-electron chi connectivity index (χ0n) is 10.2. The minimum absolute atomic E-state index is 0.155. The third-order valence-electron chi connectivity index (χ3n) is 3.31. The van der Waals surface area contributed by atoms with E-state index in [9.17, 15) is 9.59 Å². The summed E-state index contributed by atoms with van der Waals surface area (Å²) < 4.78 is 0. The first-order valence-corrected chi connectivity index (χ1v) is 7.06. The first-order valence-electron chi connectivity index (χ1n) is 6.18. The average molecular weight is 267 g/mol. The van der Waals surface area contributed by atoms with Crippen LogP contribution in [0.2, 0.25) is 0 Å². The molecular weight excluding hydrogens is 250 g/mol. The molecule has 2 heterocycles. The molecule has 1 unspecified atom stereocenters. The number of likely N-dealkylation sites (tertiary alicyclic amines) is 1. The summed E-state index contributed by atoms with van der Waals surface area (Å²) >= 11 is 1.46. The maximum Gasteiger partial charge on any atom is 0.307 e. The first kappa shape index (κ1) is 13.2. The van der Waals surface area contributed by atoms with Gasteiger partial charge in [0.2, 0.25) is 0 Å². The number of nitrogens with zero attached hydrogens (tertiary/aromatic N) is 1. The van der Waals surface area contributed by atoms with Crippen LogP contribution >= 0.6 is 11.3 Å². The number of carbonyl (C=O) groups excluding carboxylic acids is 1. The Hall–Kier alpha value is -1.20. The van der Waals surface area contributed by atoms with E-state index >= 15 is 0 Å². The van der Waals surface area contributed by atoms with Gasteiger partial charge in [0.05, 0.1) is 10.8 Å². The summed E-state index contributed by atoms with van der Waals surface area (Å²) in [5, 5.41) is 10.9.